The van der Waals surface area contributed by atoms with E-state index in [2.05, 4.69) is 10.6 Å². The summed E-state index contributed by atoms with van der Waals surface area (Å²) < 4.78 is 32.7. The number of amides is 2. The predicted molar refractivity (Wildman–Crippen MR) is 124 cm³/mol. The summed E-state index contributed by atoms with van der Waals surface area (Å²) in [5.41, 5.74) is 4.28. The summed E-state index contributed by atoms with van der Waals surface area (Å²) in [4.78, 5) is 36.2. The number of hydrogen-bond donors (Lipinski definition) is 3. The van der Waals surface area contributed by atoms with E-state index in [0.29, 0.717) is 0 Å². The van der Waals surface area contributed by atoms with E-state index in [1.54, 1.807) is 0 Å². The van der Waals surface area contributed by atoms with Gasteiger partial charge in [0.1, 0.15) is 18.6 Å². The SMILES string of the molecule is CC(C)CC(NC(=O)OCC1c2ccccc2-c2ccccc21)C(=O)NC[C@@H]1[C@H](C(=O)O)C1(F)F. The van der Waals surface area contributed by atoms with Crippen molar-refractivity contribution in [3.8, 4) is 11.1 Å². The zero-order valence-corrected chi connectivity index (χ0v) is 19.5. The van der Waals surface area contributed by atoms with Crippen molar-refractivity contribution in [2.24, 2.45) is 17.8 Å². The molecule has 35 heavy (non-hydrogen) atoms. The van der Waals surface area contributed by atoms with Crippen LogP contribution in [-0.2, 0) is 14.3 Å². The molecule has 1 saturated carbocycles. The van der Waals surface area contributed by atoms with Gasteiger partial charge in [-0.3, -0.25) is 9.59 Å². The van der Waals surface area contributed by atoms with Gasteiger partial charge in [-0.25, -0.2) is 13.6 Å². The average Bonchev–Trinajstić information content (AvgIpc) is 3.22. The van der Waals surface area contributed by atoms with Crippen molar-refractivity contribution in [2.75, 3.05) is 13.2 Å². The van der Waals surface area contributed by atoms with E-state index in [9.17, 15) is 23.2 Å². The van der Waals surface area contributed by atoms with Gasteiger partial charge in [-0.1, -0.05) is 62.4 Å². The van der Waals surface area contributed by atoms with E-state index in [1.165, 1.54) is 0 Å². The van der Waals surface area contributed by atoms with Crippen molar-refractivity contribution < 1.29 is 33.0 Å². The second kappa shape index (κ2) is 9.64. The van der Waals surface area contributed by atoms with Gasteiger partial charge in [0, 0.05) is 12.5 Å². The number of halogens is 2. The molecule has 3 atom stereocenters. The Morgan fingerprint density at radius 3 is 2.11 bits per heavy atom. The maximum atomic E-state index is 13.6. The minimum atomic E-state index is -3.35. The van der Waals surface area contributed by atoms with Gasteiger partial charge in [-0.15, -0.1) is 0 Å². The number of carbonyl (C=O) groups excluding carboxylic acids is 2. The van der Waals surface area contributed by atoms with Gasteiger partial charge in [-0.2, -0.15) is 0 Å². The zero-order valence-electron chi connectivity index (χ0n) is 19.5. The summed E-state index contributed by atoms with van der Waals surface area (Å²) in [5.74, 6) is -8.99. The number of benzene rings is 2. The van der Waals surface area contributed by atoms with Crippen LogP contribution in [0.5, 0.6) is 0 Å². The molecular formula is C26H28F2N2O5. The number of aliphatic carboxylic acids is 1. The quantitative estimate of drug-likeness (QED) is 0.497. The van der Waals surface area contributed by atoms with Crippen molar-refractivity contribution >= 4 is 18.0 Å². The topological polar surface area (TPSA) is 105 Å². The van der Waals surface area contributed by atoms with Crippen molar-refractivity contribution in [1.82, 2.24) is 10.6 Å². The first-order chi connectivity index (χ1) is 16.6. The Morgan fingerprint density at radius 2 is 1.60 bits per heavy atom. The fourth-order valence-electron chi connectivity index (χ4n) is 4.80. The van der Waals surface area contributed by atoms with Gasteiger partial charge < -0.3 is 20.5 Å². The van der Waals surface area contributed by atoms with E-state index in [1.807, 2.05) is 62.4 Å². The van der Waals surface area contributed by atoms with Gasteiger partial charge in [0.05, 0.1) is 5.92 Å². The number of carboxylic acid groups (broad SMARTS) is 1. The van der Waals surface area contributed by atoms with Crippen LogP contribution < -0.4 is 10.6 Å². The lowest BCUT2D eigenvalue weighted by molar-refractivity contribution is -0.141. The van der Waals surface area contributed by atoms with E-state index in [0.717, 1.165) is 22.3 Å². The molecule has 7 nitrogen and oxygen atoms in total. The molecule has 1 unspecified atom stereocenters. The highest BCUT2D eigenvalue weighted by atomic mass is 19.3. The van der Waals surface area contributed by atoms with Crippen LogP contribution in [0.25, 0.3) is 11.1 Å². The molecule has 9 heteroatoms. The maximum Gasteiger partial charge on any atom is 0.407 e. The van der Waals surface area contributed by atoms with Gasteiger partial charge >= 0.3 is 12.1 Å². The first kappa shape index (κ1) is 24.6. The van der Waals surface area contributed by atoms with E-state index in [-0.39, 0.29) is 24.9 Å². The molecule has 0 aromatic heterocycles. The summed E-state index contributed by atoms with van der Waals surface area (Å²) in [7, 11) is 0. The van der Waals surface area contributed by atoms with Crippen LogP contribution in [0, 0.1) is 17.8 Å². The highest BCUT2D eigenvalue weighted by molar-refractivity contribution is 5.86. The van der Waals surface area contributed by atoms with Crippen LogP contribution in [0.4, 0.5) is 13.6 Å². The third-order valence-electron chi connectivity index (χ3n) is 6.62. The number of hydrogen-bond acceptors (Lipinski definition) is 4. The van der Waals surface area contributed by atoms with Crippen molar-refractivity contribution in [3.05, 3.63) is 59.7 Å². The van der Waals surface area contributed by atoms with Crippen LogP contribution >= 0.6 is 0 Å². The minimum Gasteiger partial charge on any atom is -0.481 e. The number of rotatable bonds is 9. The molecule has 2 aliphatic carbocycles. The number of fused-ring (bicyclic) bond motifs is 3. The second-order valence-electron chi connectivity index (χ2n) is 9.49. The van der Waals surface area contributed by atoms with Crippen molar-refractivity contribution in [1.29, 1.82) is 0 Å². The normalized spacial score (nSPS) is 20.5. The molecule has 0 aliphatic heterocycles. The summed E-state index contributed by atoms with van der Waals surface area (Å²) in [6.45, 7) is 3.30. The minimum absolute atomic E-state index is 0.0220. The Morgan fingerprint density at radius 1 is 1.03 bits per heavy atom. The first-order valence-corrected chi connectivity index (χ1v) is 11.6. The molecule has 186 valence electrons. The van der Waals surface area contributed by atoms with Gasteiger partial charge in [-0.05, 0) is 34.6 Å². The molecule has 0 spiro atoms. The van der Waals surface area contributed by atoms with Crippen molar-refractivity contribution in [3.63, 3.8) is 0 Å². The number of alkyl halides is 2. The van der Waals surface area contributed by atoms with E-state index < -0.39 is 48.3 Å². The highest BCUT2D eigenvalue weighted by Crippen LogP contribution is 2.54. The van der Waals surface area contributed by atoms with E-state index >= 15 is 0 Å². The number of carboxylic acids is 1. The van der Waals surface area contributed by atoms with Gasteiger partial charge in [0.2, 0.25) is 5.91 Å². The lowest BCUT2D eigenvalue weighted by Gasteiger charge is -2.21. The van der Waals surface area contributed by atoms with Crippen LogP contribution in [0.15, 0.2) is 48.5 Å². The lowest BCUT2D eigenvalue weighted by Crippen LogP contribution is -2.48. The summed E-state index contributed by atoms with van der Waals surface area (Å²) in [6, 6.07) is 14.8. The van der Waals surface area contributed by atoms with Crippen LogP contribution in [0.1, 0.15) is 37.3 Å². The van der Waals surface area contributed by atoms with Gasteiger partial charge in [0.15, 0.2) is 0 Å². The Hall–Kier alpha value is -3.49. The van der Waals surface area contributed by atoms with Gasteiger partial charge in [0.25, 0.3) is 5.92 Å². The third kappa shape index (κ3) is 4.99. The number of ether oxygens (including phenoxy) is 1. The lowest BCUT2D eigenvalue weighted by atomic mass is 9.98. The summed E-state index contributed by atoms with van der Waals surface area (Å²) >= 11 is 0. The second-order valence-corrected chi connectivity index (χ2v) is 9.49. The highest BCUT2D eigenvalue weighted by Gasteiger charge is 2.72. The van der Waals surface area contributed by atoms with Crippen LogP contribution in [0.2, 0.25) is 0 Å². The number of nitrogens with one attached hydrogen (secondary N) is 2. The molecular weight excluding hydrogens is 458 g/mol. The molecule has 4 rings (SSSR count). The summed E-state index contributed by atoms with van der Waals surface area (Å²) in [6.07, 6.45) is -0.521. The molecule has 0 bridgehead atoms. The molecule has 2 aromatic rings. The number of alkyl carbamates (subject to hydrolysis) is 1. The molecule has 0 saturated heterocycles. The van der Waals surface area contributed by atoms with E-state index in [4.69, 9.17) is 9.84 Å². The summed E-state index contributed by atoms with van der Waals surface area (Å²) in [5, 5.41) is 13.8. The standard InChI is InChI=1S/C26H28F2N2O5/c1-14(2)11-21(23(31)29-12-20-22(24(32)33)26(20,27)28)30-25(34)35-13-19-17-9-5-3-7-15(17)16-8-4-6-10-18(16)19/h3-10,14,19-22H,11-13H2,1-2H3,(H,29,31)(H,30,34)(H,32,33)/t20-,21?,22-/m1/s1. The largest absolute Gasteiger partial charge is 0.481 e. The molecule has 2 aliphatic rings. The Balaban J connectivity index is 1.36. The molecule has 0 heterocycles. The Labute approximate surface area is 201 Å². The number of carbonyl (C=O) groups is 3. The Kier molecular flexibility index (Phi) is 6.78. The fraction of sp³-hybridized carbons (Fsp3) is 0.423. The average molecular weight is 487 g/mol. The zero-order chi connectivity index (χ0) is 25.3. The fourth-order valence-corrected chi connectivity index (χ4v) is 4.80. The molecule has 3 N–H and O–H groups in total. The maximum absolute atomic E-state index is 13.6. The molecule has 0 radical (unpaired) electrons. The molecule has 2 amide bonds. The van der Waals surface area contributed by atoms with Crippen LogP contribution in [0.3, 0.4) is 0 Å². The first-order valence-electron chi connectivity index (χ1n) is 11.6. The predicted octanol–water partition coefficient (Wildman–Crippen LogP) is 4.02. The smallest absolute Gasteiger partial charge is 0.407 e. The Bertz CT molecular complexity index is 1090. The third-order valence-corrected chi connectivity index (χ3v) is 6.62. The molecule has 2 aromatic carbocycles. The monoisotopic (exact) mass is 486 g/mol. The molecule has 1 fully saturated rings. The van der Waals surface area contributed by atoms with Crippen molar-refractivity contribution in [2.45, 2.75) is 38.2 Å². The van der Waals surface area contributed by atoms with Crippen LogP contribution in [-0.4, -0.2) is 48.2 Å².